The van der Waals surface area contributed by atoms with Gasteiger partial charge in [0.1, 0.15) is 0 Å². The molecule has 0 N–H and O–H groups in total. The molecule has 0 bridgehead atoms. The number of fused-ring (bicyclic) bond motifs is 1. The lowest BCUT2D eigenvalue weighted by atomic mass is 10.2. The molecule has 0 unspecified atom stereocenters. The van der Waals surface area contributed by atoms with Crippen LogP contribution in [0.2, 0.25) is 0 Å². The van der Waals surface area contributed by atoms with Crippen molar-refractivity contribution >= 4 is 34.3 Å². The van der Waals surface area contributed by atoms with Crippen LogP contribution in [-0.2, 0) is 0 Å². The molecule has 0 aliphatic heterocycles. The van der Waals surface area contributed by atoms with Gasteiger partial charge in [-0.2, -0.15) is 0 Å². The van der Waals surface area contributed by atoms with Gasteiger partial charge < -0.3 is 0 Å². The summed E-state index contributed by atoms with van der Waals surface area (Å²) in [5.41, 5.74) is 1.03. The van der Waals surface area contributed by atoms with Gasteiger partial charge in [0.25, 0.3) is 0 Å². The molecule has 1 nitrogen and oxygen atoms in total. The van der Waals surface area contributed by atoms with E-state index in [9.17, 15) is 0 Å². The third-order valence-electron chi connectivity index (χ3n) is 1.79. The second-order valence-corrected chi connectivity index (χ2v) is 4.25. The van der Waals surface area contributed by atoms with E-state index in [1.807, 2.05) is 24.4 Å². The Morgan fingerprint density at radius 2 is 2.15 bits per heavy atom. The molecular formula is C10H8ClNS. The van der Waals surface area contributed by atoms with E-state index in [0.717, 1.165) is 15.8 Å². The molecule has 0 saturated heterocycles. The number of thioether (sulfide) groups is 1. The first-order valence-corrected chi connectivity index (χ1v) is 5.46. The minimum Gasteiger partial charge on any atom is -0.255 e. The fourth-order valence-corrected chi connectivity index (χ4v) is 2.03. The monoisotopic (exact) mass is 209 g/mol. The maximum absolute atomic E-state index is 5.62. The van der Waals surface area contributed by atoms with Crippen molar-refractivity contribution in [3.63, 3.8) is 0 Å². The van der Waals surface area contributed by atoms with Crippen molar-refractivity contribution in [3.05, 3.63) is 36.5 Å². The summed E-state index contributed by atoms with van der Waals surface area (Å²) in [5, 5.41) is 1.73. The summed E-state index contributed by atoms with van der Waals surface area (Å²) in [7, 11) is 0. The molecule has 0 aliphatic rings. The molecule has 66 valence electrons. The number of pyridine rings is 1. The number of alkyl halides is 1. The second kappa shape index (κ2) is 3.99. The Kier molecular flexibility index (Phi) is 2.71. The maximum Gasteiger partial charge on any atom is 0.0728 e. The highest BCUT2D eigenvalue weighted by Crippen LogP contribution is 2.21. The van der Waals surface area contributed by atoms with E-state index < -0.39 is 0 Å². The number of hydrogen-bond donors (Lipinski definition) is 0. The van der Waals surface area contributed by atoms with E-state index in [1.54, 1.807) is 11.8 Å². The quantitative estimate of drug-likeness (QED) is 0.555. The summed E-state index contributed by atoms with van der Waals surface area (Å²) in [6, 6.07) is 10.2. The van der Waals surface area contributed by atoms with Crippen LogP contribution in [0.4, 0.5) is 0 Å². The zero-order valence-electron chi connectivity index (χ0n) is 6.90. The SMILES string of the molecule is ClCSc1cnc2ccccc2c1. The lowest BCUT2D eigenvalue weighted by Crippen LogP contribution is -1.79. The van der Waals surface area contributed by atoms with Crippen molar-refractivity contribution in [2.45, 2.75) is 4.90 Å². The van der Waals surface area contributed by atoms with Gasteiger partial charge >= 0.3 is 0 Å². The third-order valence-corrected chi connectivity index (χ3v) is 2.78. The lowest BCUT2D eigenvalue weighted by molar-refractivity contribution is 1.31. The van der Waals surface area contributed by atoms with Crippen molar-refractivity contribution in [2.24, 2.45) is 0 Å². The van der Waals surface area contributed by atoms with Crippen LogP contribution in [0.25, 0.3) is 10.9 Å². The van der Waals surface area contributed by atoms with Crippen molar-refractivity contribution in [1.82, 2.24) is 4.98 Å². The van der Waals surface area contributed by atoms with Crippen molar-refractivity contribution < 1.29 is 0 Å². The molecule has 3 heteroatoms. The summed E-state index contributed by atoms with van der Waals surface area (Å²) in [6.07, 6.45) is 1.86. The molecule has 13 heavy (non-hydrogen) atoms. The summed E-state index contributed by atoms with van der Waals surface area (Å²) in [4.78, 5) is 5.44. The number of benzene rings is 1. The van der Waals surface area contributed by atoms with Gasteiger partial charge in [0.2, 0.25) is 0 Å². The first-order valence-electron chi connectivity index (χ1n) is 3.94. The highest BCUT2D eigenvalue weighted by Gasteiger charge is 1.96. The molecular weight excluding hydrogens is 202 g/mol. The second-order valence-electron chi connectivity index (χ2n) is 2.62. The number of halogens is 1. The third kappa shape index (κ3) is 1.95. The molecule has 0 amide bonds. The number of rotatable bonds is 2. The fraction of sp³-hybridized carbons (Fsp3) is 0.100. The van der Waals surface area contributed by atoms with Gasteiger partial charge in [-0.25, -0.2) is 0 Å². The molecule has 0 fully saturated rings. The molecule has 1 aromatic carbocycles. The van der Waals surface area contributed by atoms with Gasteiger partial charge in [0.15, 0.2) is 0 Å². The summed E-state index contributed by atoms with van der Waals surface area (Å²) in [6.45, 7) is 0. The number of hydrogen-bond acceptors (Lipinski definition) is 2. The Labute approximate surface area is 86.1 Å². The van der Waals surface area contributed by atoms with Crippen LogP contribution in [-0.4, -0.2) is 10.2 Å². The Bertz CT molecular complexity index is 416. The molecule has 0 spiro atoms. The summed E-state index contributed by atoms with van der Waals surface area (Å²) in [5.74, 6) is 0. The van der Waals surface area contributed by atoms with Gasteiger partial charge in [-0.1, -0.05) is 18.2 Å². The highest BCUT2D eigenvalue weighted by atomic mass is 35.5. The first kappa shape index (κ1) is 8.85. The van der Waals surface area contributed by atoms with E-state index >= 15 is 0 Å². The molecule has 0 saturated carbocycles. The molecule has 2 aromatic rings. The predicted octanol–water partition coefficient (Wildman–Crippen LogP) is 3.52. The van der Waals surface area contributed by atoms with Crippen LogP contribution in [0, 0.1) is 0 Å². The lowest BCUT2D eigenvalue weighted by Gasteiger charge is -1.99. The van der Waals surface area contributed by atoms with Crippen LogP contribution in [0.3, 0.4) is 0 Å². The van der Waals surface area contributed by atoms with Gasteiger partial charge in [0.05, 0.1) is 10.7 Å². The fourth-order valence-electron chi connectivity index (χ4n) is 1.19. The van der Waals surface area contributed by atoms with E-state index in [1.165, 1.54) is 0 Å². The zero-order valence-corrected chi connectivity index (χ0v) is 8.48. The summed E-state index contributed by atoms with van der Waals surface area (Å²) >= 11 is 7.22. The van der Waals surface area contributed by atoms with Crippen LogP contribution in [0.15, 0.2) is 41.4 Å². The molecule has 1 aromatic heterocycles. The predicted molar refractivity (Wildman–Crippen MR) is 58.3 cm³/mol. The van der Waals surface area contributed by atoms with Crippen LogP contribution in [0.1, 0.15) is 0 Å². The average molecular weight is 210 g/mol. The van der Waals surface area contributed by atoms with Crippen LogP contribution < -0.4 is 0 Å². The topological polar surface area (TPSA) is 12.9 Å². The Hall–Kier alpha value is -0.730. The molecule has 1 heterocycles. The number of para-hydroxylation sites is 1. The van der Waals surface area contributed by atoms with Crippen molar-refractivity contribution in [3.8, 4) is 0 Å². The summed E-state index contributed by atoms with van der Waals surface area (Å²) < 4.78 is 0. The van der Waals surface area contributed by atoms with Crippen molar-refractivity contribution in [2.75, 3.05) is 5.21 Å². The Morgan fingerprint density at radius 3 is 3.00 bits per heavy atom. The highest BCUT2D eigenvalue weighted by molar-refractivity contribution is 8.00. The van der Waals surface area contributed by atoms with Gasteiger partial charge in [-0.3, -0.25) is 4.98 Å². The minimum atomic E-state index is 0.569. The van der Waals surface area contributed by atoms with E-state index in [2.05, 4.69) is 17.1 Å². The van der Waals surface area contributed by atoms with Crippen LogP contribution >= 0.6 is 23.4 Å². The van der Waals surface area contributed by atoms with Gasteiger partial charge in [-0.15, -0.1) is 23.4 Å². The number of aromatic nitrogens is 1. The normalized spacial score (nSPS) is 10.5. The minimum absolute atomic E-state index is 0.569. The average Bonchev–Trinajstić information content (AvgIpc) is 2.18. The van der Waals surface area contributed by atoms with Gasteiger partial charge in [-0.05, 0) is 12.1 Å². The molecule has 0 radical (unpaired) electrons. The van der Waals surface area contributed by atoms with E-state index in [-0.39, 0.29) is 0 Å². The molecule has 0 aliphatic carbocycles. The Morgan fingerprint density at radius 1 is 1.31 bits per heavy atom. The smallest absolute Gasteiger partial charge is 0.0728 e. The maximum atomic E-state index is 5.62. The molecule has 2 rings (SSSR count). The van der Waals surface area contributed by atoms with E-state index in [0.29, 0.717) is 5.21 Å². The zero-order chi connectivity index (χ0) is 9.10. The first-order chi connectivity index (χ1) is 6.40. The Balaban J connectivity index is 2.49. The standard InChI is InChI=1S/C10H8ClNS/c11-7-13-9-5-8-3-1-2-4-10(8)12-6-9/h1-6H,7H2. The largest absolute Gasteiger partial charge is 0.255 e. The van der Waals surface area contributed by atoms with Gasteiger partial charge in [0, 0.05) is 16.5 Å². The van der Waals surface area contributed by atoms with E-state index in [4.69, 9.17) is 11.6 Å². The molecule has 0 atom stereocenters. The van der Waals surface area contributed by atoms with Crippen molar-refractivity contribution in [1.29, 1.82) is 0 Å². The van der Waals surface area contributed by atoms with Crippen LogP contribution in [0.5, 0.6) is 0 Å². The number of nitrogens with zero attached hydrogens (tertiary/aromatic N) is 1.